The second-order valence-electron chi connectivity index (χ2n) is 3.21. The van der Waals surface area contributed by atoms with Crippen LogP contribution in [0.2, 0.25) is 0 Å². The number of aliphatic hydroxyl groups is 1. The minimum absolute atomic E-state index is 0.0386. The van der Waals surface area contributed by atoms with Crippen molar-refractivity contribution in [2.24, 2.45) is 0 Å². The molecule has 1 heterocycles. The molecule has 96 valence electrons. The zero-order chi connectivity index (χ0) is 12.9. The van der Waals surface area contributed by atoms with Crippen LogP contribution in [-0.4, -0.2) is 35.3 Å². The Morgan fingerprint density at radius 2 is 1.94 bits per heavy atom. The lowest BCUT2D eigenvalue weighted by atomic mass is 10.4. The molecule has 0 saturated carbocycles. The first-order valence-electron chi connectivity index (χ1n) is 4.96. The highest BCUT2D eigenvalue weighted by Gasteiger charge is 2.35. The van der Waals surface area contributed by atoms with Crippen molar-refractivity contribution in [3.63, 3.8) is 0 Å². The molecule has 3 N–H and O–H groups in total. The Balaban J connectivity index is 2.89. The molecule has 1 aromatic heterocycles. The van der Waals surface area contributed by atoms with Crippen LogP contribution >= 0.6 is 0 Å². The third-order valence-electron chi connectivity index (χ3n) is 1.88. The summed E-state index contributed by atoms with van der Waals surface area (Å²) in [6, 6.07) is 1.37. The summed E-state index contributed by atoms with van der Waals surface area (Å²) in [5, 5.41) is 13.8. The van der Waals surface area contributed by atoms with Gasteiger partial charge in [-0.15, -0.1) is 0 Å². The van der Waals surface area contributed by atoms with Crippen LogP contribution in [0.5, 0.6) is 0 Å². The monoisotopic (exact) mass is 250 g/mol. The highest BCUT2D eigenvalue weighted by atomic mass is 19.4. The Bertz CT molecular complexity index is 370. The summed E-state index contributed by atoms with van der Waals surface area (Å²) in [5.74, 6) is -1.04. The van der Waals surface area contributed by atoms with Gasteiger partial charge in [0, 0.05) is 26.3 Å². The third kappa shape index (κ3) is 4.06. The second kappa shape index (κ2) is 5.67. The van der Waals surface area contributed by atoms with Gasteiger partial charge in [-0.1, -0.05) is 0 Å². The first kappa shape index (κ1) is 13.5. The molecule has 1 aromatic rings. The molecule has 0 saturated heterocycles. The molecule has 0 radical (unpaired) electrons. The maximum Gasteiger partial charge on any atom is 0.451 e. The average Bonchev–Trinajstić information content (AvgIpc) is 2.28. The van der Waals surface area contributed by atoms with E-state index in [0.29, 0.717) is 13.0 Å². The van der Waals surface area contributed by atoms with Crippen molar-refractivity contribution >= 4 is 11.6 Å². The van der Waals surface area contributed by atoms with E-state index in [-0.39, 0.29) is 18.2 Å². The van der Waals surface area contributed by atoms with Crippen LogP contribution in [0.25, 0.3) is 0 Å². The molecule has 5 nitrogen and oxygen atoms in total. The number of hydrogen-bond acceptors (Lipinski definition) is 5. The largest absolute Gasteiger partial charge is 0.451 e. The Labute approximate surface area is 96.1 Å². The van der Waals surface area contributed by atoms with Crippen molar-refractivity contribution in [1.29, 1.82) is 0 Å². The number of hydrogen-bond donors (Lipinski definition) is 3. The number of anilines is 2. The lowest BCUT2D eigenvalue weighted by molar-refractivity contribution is -0.144. The van der Waals surface area contributed by atoms with Gasteiger partial charge in [-0.2, -0.15) is 13.2 Å². The van der Waals surface area contributed by atoms with Gasteiger partial charge in [0.25, 0.3) is 0 Å². The quantitative estimate of drug-likeness (QED) is 0.688. The molecular weight excluding hydrogens is 237 g/mol. The molecule has 0 aromatic carbocycles. The number of aliphatic hydroxyl groups excluding tert-OH is 1. The normalized spacial score (nSPS) is 11.4. The maximum absolute atomic E-state index is 12.5. The van der Waals surface area contributed by atoms with Crippen molar-refractivity contribution in [2.75, 3.05) is 30.8 Å². The van der Waals surface area contributed by atoms with Crippen LogP contribution in [0.15, 0.2) is 6.07 Å². The predicted octanol–water partition coefficient (Wildman–Crippen LogP) is 1.33. The molecule has 0 aliphatic rings. The maximum atomic E-state index is 12.5. The Hall–Kier alpha value is -1.57. The van der Waals surface area contributed by atoms with E-state index in [0.717, 1.165) is 0 Å². The van der Waals surface area contributed by atoms with Crippen LogP contribution < -0.4 is 10.6 Å². The summed E-state index contributed by atoms with van der Waals surface area (Å²) in [6.07, 6.45) is -4.15. The molecule has 0 atom stereocenters. The number of alkyl halides is 3. The van der Waals surface area contributed by atoms with E-state index in [1.165, 1.54) is 13.1 Å². The number of nitrogens with zero attached hydrogens (tertiary/aromatic N) is 2. The van der Waals surface area contributed by atoms with Crippen molar-refractivity contribution < 1.29 is 18.3 Å². The van der Waals surface area contributed by atoms with E-state index in [1.54, 1.807) is 0 Å². The van der Waals surface area contributed by atoms with Gasteiger partial charge in [0.05, 0.1) is 0 Å². The van der Waals surface area contributed by atoms with Crippen molar-refractivity contribution in [2.45, 2.75) is 12.6 Å². The number of nitrogens with one attached hydrogen (secondary N) is 2. The fraction of sp³-hybridized carbons (Fsp3) is 0.556. The minimum Gasteiger partial charge on any atom is -0.396 e. The SMILES string of the molecule is CNc1cc(NCCCO)nc(C(F)(F)F)n1. The van der Waals surface area contributed by atoms with Crippen LogP contribution in [0.1, 0.15) is 12.2 Å². The average molecular weight is 250 g/mol. The van der Waals surface area contributed by atoms with Gasteiger partial charge < -0.3 is 15.7 Å². The zero-order valence-electron chi connectivity index (χ0n) is 9.17. The molecule has 0 aliphatic heterocycles. The third-order valence-corrected chi connectivity index (χ3v) is 1.88. The van der Waals surface area contributed by atoms with Gasteiger partial charge in [-0.25, -0.2) is 9.97 Å². The van der Waals surface area contributed by atoms with Gasteiger partial charge in [-0.3, -0.25) is 0 Å². The molecular formula is C9H13F3N4O. The van der Waals surface area contributed by atoms with Crippen molar-refractivity contribution in [3.8, 4) is 0 Å². The standard InChI is InChI=1S/C9H13F3N4O/c1-13-6-5-7(14-3-2-4-17)16-8(15-6)9(10,11)12/h5,17H,2-4H2,1H3,(H2,13,14,15,16). The van der Waals surface area contributed by atoms with Gasteiger partial charge in [-0.05, 0) is 6.42 Å². The summed E-state index contributed by atoms with van der Waals surface area (Å²) < 4.78 is 37.4. The Morgan fingerprint density at radius 3 is 2.47 bits per heavy atom. The van der Waals surface area contributed by atoms with E-state index in [9.17, 15) is 13.2 Å². The minimum atomic E-state index is -4.58. The highest BCUT2D eigenvalue weighted by molar-refractivity contribution is 5.47. The summed E-state index contributed by atoms with van der Waals surface area (Å²) in [7, 11) is 1.47. The first-order chi connectivity index (χ1) is 7.97. The molecule has 0 amide bonds. The fourth-order valence-electron chi connectivity index (χ4n) is 1.09. The van der Waals surface area contributed by atoms with Crippen LogP contribution in [0, 0.1) is 0 Å². The number of rotatable bonds is 5. The van der Waals surface area contributed by atoms with E-state index in [1.807, 2.05) is 0 Å². The van der Waals surface area contributed by atoms with E-state index < -0.39 is 12.0 Å². The highest BCUT2D eigenvalue weighted by Crippen LogP contribution is 2.28. The zero-order valence-corrected chi connectivity index (χ0v) is 9.17. The van der Waals surface area contributed by atoms with Gasteiger partial charge in [0.2, 0.25) is 5.82 Å². The van der Waals surface area contributed by atoms with Gasteiger partial charge in [0.1, 0.15) is 11.6 Å². The lowest BCUT2D eigenvalue weighted by Crippen LogP contribution is -2.15. The predicted molar refractivity (Wildman–Crippen MR) is 56.8 cm³/mol. The molecule has 0 fully saturated rings. The fourth-order valence-corrected chi connectivity index (χ4v) is 1.09. The molecule has 0 spiro atoms. The summed E-state index contributed by atoms with van der Waals surface area (Å²) >= 11 is 0. The smallest absolute Gasteiger partial charge is 0.396 e. The molecule has 8 heteroatoms. The Kier molecular flexibility index (Phi) is 4.50. The van der Waals surface area contributed by atoms with Crippen LogP contribution in [0.4, 0.5) is 24.8 Å². The molecule has 0 bridgehead atoms. The summed E-state index contributed by atoms with van der Waals surface area (Å²) in [5.41, 5.74) is 0. The molecule has 1 rings (SSSR count). The van der Waals surface area contributed by atoms with Gasteiger partial charge in [0.15, 0.2) is 0 Å². The Morgan fingerprint density at radius 1 is 1.29 bits per heavy atom. The van der Waals surface area contributed by atoms with E-state index in [2.05, 4.69) is 20.6 Å². The lowest BCUT2D eigenvalue weighted by Gasteiger charge is -2.10. The van der Waals surface area contributed by atoms with E-state index >= 15 is 0 Å². The second-order valence-corrected chi connectivity index (χ2v) is 3.21. The van der Waals surface area contributed by atoms with Crippen molar-refractivity contribution in [1.82, 2.24) is 9.97 Å². The van der Waals surface area contributed by atoms with Crippen LogP contribution in [0.3, 0.4) is 0 Å². The molecule has 0 unspecified atom stereocenters. The summed E-state index contributed by atoms with van der Waals surface area (Å²) in [4.78, 5) is 6.67. The number of aromatic nitrogens is 2. The van der Waals surface area contributed by atoms with Crippen LogP contribution in [-0.2, 0) is 6.18 Å². The summed E-state index contributed by atoms with van der Waals surface area (Å²) in [6.45, 7) is 0.303. The topological polar surface area (TPSA) is 70.1 Å². The number of halogens is 3. The van der Waals surface area contributed by atoms with E-state index in [4.69, 9.17) is 5.11 Å². The molecule has 0 aliphatic carbocycles. The van der Waals surface area contributed by atoms with Gasteiger partial charge >= 0.3 is 6.18 Å². The first-order valence-corrected chi connectivity index (χ1v) is 4.96. The van der Waals surface area contributed by atoms with Crippen molar-refractivity contribution in [3.05, 3.63) is 11.9 Å². The molecule has 17 heavy (non-hydrogen) atoms.